The third kappa shape index (κ3) is 4.98. The highest BCUT2D eigenvalue weighted by molar-refractivity contribution is 5.76. The van der Waals surface area contributed by atoms with Crippen molar-refractivity contribution in [3.05, 3.63) is 96.4 Å². The highest BCUT2D eigenvalue weighted by atomic mass is 17.2. The van der Waals surface area contributed by atoms with E-state index in [1.54, 1.807) is 12.1 Å². The maximum atomic E-state index is 11.8. The van der Waals surface area contributed by atoms with Crippen molar-refractivity contribution in [2.45, 2.75) is 44.1 Å². The van der Waals surface area contributed by atoms with E-state index < -0.39 is 11.6 Å². The monoisotopic (exact) mass is 469 g/mol. The standard InChI is InChI=1S/C29H27NO5/c1-20(31)34-35-24-15-8-10-21(18-24)19-29(32)17-9-16-25(29)28-30-26(22-11-4-2-5-12-22)27(33-28)23-13-6-3-7-14-23/h2-8,10-15,18,25,32H,9,16-17,19H2,1H3. The Morgan fingerprint density at radius 3 is 2.46 bits per heavy atom. The molecule has 35 heavy (non-hydrogen) atoms. The fourth-order valence-corrected chi connectivity index (χ4v) is 4.85. The van der Waals surface area contributed by atoms with Gasteiger partial charge in [-0.1, -0.05) is 72.8 Å². The van der Waals surface area contributed by atoms with E-state index in [0.29, 0.717) is 30.2 Å². The molecule has 1 aliphatic carbocycles. The van der Waals surface area contributed by atoms with Gasteiger partial charge in [0.05, 0.1) is 11.5 Å². The van der Waals surface area contributed by atoms with Gasteiger partial charge in [-0.25, -0.2) is 9.78 Å². The van der Waals surface area contributed by atoms with Crippen LogP contribution in [0.2, 0.25) is 0 Å². The molecule has 0 amide bonds. The van der Waals surface area contributed by atoms with E-state index in [2.05, 4.69) is 4.89 Å². The summed E-state index contributed by atoms with van der Waals surface area (Å²) in [5.41, 5.74) is 2.55. The second kappa shape index (κ2) is 9.76. The smallest absolute Gasteiger partial charge is 0.352 e. The summed E-state index contributed by atoms with van der Waals surface area (Å²) in [4.78, 5) is 25.7. The number of nitrogens with zero attached hydrogens (tertiary/aromatic N) is 1. The highest BCUT2D eigenvalue weighted by Crippen LogP contribution is 2.47. The molecule has 1 aliphatic rings. The normalized spacial score (nSPS) is 19.4. The largest absolute Gasteiger partial charge is 0.440 e. The summed E-state index contributed by atoms with van der Waals surface area (Å²) in [5.74, 6) is 0.884. The van der Waals surface area contributed by atoms with Gasteiger partial charge in [-0.2, -0.15) is 0 Å². The molecule has 178 valence electrons. The summed E-state index contributed by atoms with van der Waals surface area (Å²) in [6, 6.07) is 27.1. The number of benzene rings is 3. The summed E-state index contributed by atoms with van der Waals surface area (Å²) in [7, 11) is 0. The first-order valence-corrected chi connectivity index (χ1v) is 11.8. The van der Waals surface area contributed by atoms with Crippen LogP contribution in [0.4, 0.5) is 0 Å². The zero-order valence-corrected chi connectivity index (χ0v) is 19.5. The van der Waals surface area contributed by atoms with Gasteiger partial charge in [0.2, 0.25) is 5.89 Å². The van der Waals surface area contributed by atoms with Crippen molar-refractivity contribution in [3.8, 4) is 28.3 Å². The molecule has 5 rings (SSSR count). The van der Waals surface area contributed by atoms with E-state index in [1.165, 1.54) is 6.92 Å². The van der Waals surface area contributed by atoms with Crippen molar-refractivity contribution in [3.63, 3.8) is 0 Å². The first-order chi connectivity index (χ1) is 17.0. The average Bonchev–Trinajstić information content (AvgIpc) is 3.48. The first kappa shape index (κ1) is 22.9. The molecule has 1 heterocycles. The minimum Gasteiger partial charge on any atom is -0.440 e. The molecule has 1 aromatic heterocycles. The van der Waals surface area contributed by atoms with Gasteiger partial charge < -0.3 is 9.52 Å². The predicted molar refractivity (Wildman–Crippen MR) is 131 cm³/mol. The zero-order chi connectivity index (χ0) is 24.3. The van der Waals surface area contributed by atoms with Crippen molar-refractivity contribution >= 4 is 5.97 Å². The molecule has 0 aliphatic heterocycles. The molecule has 1 fully saturated rings. The van der Waals surface area contributed by atoms with Crippen molar-refractivity contribution in [2.75, 3.05) is 0 Å². The topological polar surface area (TPSA) is 81.8 Å². The first-order valence-electron chi connectivity index (χ1n) is 11.8. The van der Waals surface area contributed by atoms with Crippen LogP contribution in [0.25, 0.3) is 22.6 Å². The number of hydrogen-bond donors (Lipinski definition) is 1. The van der Waals surface area contributed by atoms with Gasteiger partial charge in [-0.3, -0.25) is 9.78 Å². The van der Waals surface area contributed by atoms with E-state index in [4.69, 9.17) is 14.3 Å². The second-order valence-electron chi connectivity index (χ2n) is 8.99. The van der Waals surface area contributed by atoms with E-state index in [-0.39, 0.29) is 5.92 Å². The number of aliphatic hydroxyl groups is 1. The molecule has 1 N–H and O–H groups in total. The Labute approximate surface area is 204 Å². The van der Waals surface area contributed by atoms with Crippen molar-refractivity contribution in [2.24, 2.45) is 0 Å². The van der Waals surface area contributed by atoms with Gasteiger partial charge >= 0.3 is 5.97 Å². The number of hydrogen-bond acceptors (Lipinski definition) is 6. The molecule has 1 saturated carbocycles. The van der Waals surface area contributed by atoms with Crippen LogP contribution in [0.5, 0.6) is 5.75 Å². The van der Waals surface area contributed by atoms with Crippen molar-refractivity contribution in [1.29, 1.82) is 0 Å². The summed E-state index contributed by atoms with van der Waals surface area (Å²) >= 11 is 0. The van der Waals surface area contributed by atoms with Gasteiger partial charge in [-0.05, 0) is 37.0 Å². The third-order valence-corrected chi connectivity index (χ3v) is 6.44. The van der Waals surface area contributed by atoms with Crippen LogP contribution in [-0.2, 0) is 16.1 Å². The number of rotatable bonds is 7. The Morgan fingerprint density at radius 2 is 1.74 bits per heavy atom. The van der Waals surface area contributed by atoms with Crippen LogP contribution in [0, 0.1) is 0 Å². The van der Waals surface area contributed by atoms with E-state index >= 15 is 0 Å². The number of carbonyl (C=O) groups excluding carboxylic acids is 1. The lowest BCUT2D eigenvalue weighted by Gasteiger charge is -2.28. The minimum atomic E-state index is -1.02. The fourth-order valence-electron chi connectivity index (χ4n) is 4.85. The molecule has 0 bridgehead atoms. The Kier molecular flexibility index (Phi) is 6.38. The van der Waals surface area contributed by atoms with Crippen LogP contribution >= 0.6 is 0 Å². The van der Waals surface area contributed by atoms with Gasteiger partial charge in [0.1, 0.15) is 5.69 Å². The summed E-state index contributed by atoms with van der Waals surface area (Å²) in [6.45, 7) is 1.28. The van der Waals surface area contributed by atoms with E-state index in [9.17, 15) is 9.90 Å². The lowest BCUT2D eigenvalue weighted by Crippen LogP contribution is -2.34. The Hall–Kier alpha value is -3.90. The van der Waals surface area contributed by atoms with Crippen LogP contribution in [-0.4, -0.2) is 21.7 Å². The number of aromatic nitrogens is 1. The molecule has 2 unspecified atom stereocenters. The lowest BCUT2D eigenvalue weighted by atomic mass is 9.84. The molecule has 0 saturated heterocycles. The lowest BCUT2D eigenvalue weighted by molar-refractivity contribution is -0.210. The van der Waals surface area contributed by atoms with Crippen LogP contribution in [0.1, 0.15) is 43.6 Å². The summed E-state index contributed by atoms with van der Waals surface area (Å²) < 4.78 is 6.41. The van der Waals surface area contributed by atoms with E-state index in [1.807, 2.05) is 72.8 Å². The number of oxazole rings is 1. The van der Waals surface area contributed by atoms with E-state index in [0.717, 1.165) is 35.2 Å². The van der Waals surface area contributed by atoms with Crippen LogP contribution in [0.3, 0.4) is 0 Å². The zero-order valence-electron chi connectivity index (χ0n) is 19.5. The van der Waals surface area contributed by atoms with Gasteiger partial charge in [-0.15, -0.1) is 0 Å². The molecule has 6 nitrogen and oxygen atoms in total. The van der Waals surface area contributed by atoms with Gasteiger partial charge in [0.25, 0.3) is 0 Å². The van der Waals surface area contributed by atoms with Crippen molar-refractivity contribution < 1.29 is 24.1 Å². The molecule has 4 aromatic rings. The summed E-state index contributed by atoms with van der Waals surface area (Å²) in [5, 5.41) is 11.8. The second-order valence-corrected chi connectivity index (χ2v) is 8.99. The Morgan fingerprint density at radius 1 is 1.03 bits per heavy atom. The van der Waals surface area contributed by atoms with Crippen LogP contribution in [0.15, 0.2) is 89.3 Å². The number of carbonyl (C=O) groups is 1. The highest BCUT2D eigenvalue weighted by Gasteiger charge is 2.45. The molecular formula is C29H27NO5. The molecule has 2 atom stereocenters. The molecular weight excluding hydrogens is 442 g/mol. The maximum absolute atomic E-state index is 11.8. The average molecular weight is 470 g/mol. The van der Waals surface area contributed by atoms with Crippen LogP contribution < -0.4 is 4.89 Å². The molecule has 3 aromatic carbocycles. The Bertz CT molecular complexity index is 1240. The van der Waals surface area contributed by atoms with Gasteiger partial charge in [0.15, 0.2) is 11.5 Å². The molecule has 6 heteroatoms. The molecule has 0 radical (unpaired) electrons. The Balaban J connectivity index is 1.47. The van der Waals surface area contributed by atoms with Gasteiger partial charge in [0, 0.05) is 24.5 Å². The van der Waals surface area contributed by atoms with Crippen molar-refractivity contribution in [1.82, 2.24) is 4.98 Å². The minimum absolute atomic E-state index is 0.250. The quantitative estimate of drug-likeness (QED) is 0.260. The fraction of sp³-hybridized carbons (Fsp3) is 0.241. The maximum Gasteiger partial charge on any atom is 0.352 e. The third-order valence-electron chi connectivity index (χ3n) is 6.44. The molecule has 0 spiro atoms. The summed E-state index contributed by atoms with van der Waals surface area (Å²) in [6.07, 6.45) is 2.69. The SMILES string of the molecule is CC(=O)OOc1cccc(CC2(O)CCCC2c2nc(-c3ccccc3)c(-c3ccccc3)o2)c1. The predicted octanol–water partition coefficient (Wildman–Crippen LogP) is 6.11.